The lowest BCUT2D eigenvalue weighted by molar-refractivity contribution is -0.145. The van der Waals surface area contributed by atoms with E-state index in [-0.39, 0.29) is 12.6 Å². The van der Waals surface area contributed by atoms with E-state index in [9.17, 15) is 4.79 Å². The number of rotatable bonds is 5. The fraction of sp³-hybridized carbons (Fsp3) is 0.308. The first kappa shape index (κ1) is 11.5. The number of carbonyl (C=O) groups is 1. The average Bonchev–Trinajstić information content (AvgIpc) is 2.95. The van der Waals surface area contributed by atoms with Crippen LogP contribution in [0.2, 0.25) is 0 Å². The Kier molecular flexibility index (Phi) is 3.65. The van der Waals surface area contributed by atoms with E-state index >= 15 is 0 Å². The summed E-state index contributed by atoms with van der Waals surface area (Å²) in [5.41, 5.74) is 0. The molecule has 4 nitrogen and oxygen atoms in total. The summed E-state index contributed by atoms with van der Waals surface area (Å²) >= 11 is 0. The molecular weight excluding hydrogens is 220 g/mol. The standard InChI is InChI=1S/C13H14O4/c1-10-4-5-11(17-10)6-7-13(14)16-9-12-3-2-8-15-12/h2-5,8H,6-7,9H2,1H3. The maximum Gasteiger partial charge on any atom is 0.306 e. The van der Waals surface area contributed by atoms with E-state index in [0.717, 1.165) is 11.5 Å². The van der Waals surface area contributed by atoms with Crippen LogP contribution in [0.1, 0.15) is 23.7 Å². The van der Waals surface area contributed by atoms with Gasteiger partial charge >= 0.3 is 5.97 Å². The smallest absolute Gasteiger partial charge is 0.306 e. The highest BCUT2D eigenvalue weighted by atomic mass is 16.5. The molecule has 90 valence electrons. The molecule has 0 unspecified atom stereocenters. The molecule has 0 N–H and O–H groups in total. The van der Waals surface area contributed by atoms with Crippen molar-refractivity contribution in [1.29, 1.82) is 0 Å². The molecule has 2 aromatic rings. The van der Waals surface area contributed by atoms with Crippen LogP contribution in [0, 0.1) is 6.92 Å². The highest BCUT2D eigenvalue weighted by Gasteiger charge is 2.07. The topological polar surface area (TPSA) is 52.6 Å². The van der Waals surface area contributed by atoms with Gasteiger partial charge in [0.15, 0.2) is 0 Å². The molecule has 17 heavy (non-hydrogen) atoms. The van der Waals surface area contributed by atoms with Crippen molar-refractivity contribution in [2.75, 3.05) is 0 Å². The van der Waals surface area contributed by atoms with Gasteiger partial charge in [-0.25, -0.2) is 0 Å². The van der Waals surface area contributed by atoms with E-state index < -0.39 is 0 Å². The zero-order valence-corrected chi connectivity index (χ0v) is 9.64. The molecule has 2 aromatic heterocycles. The third-order valence-corrected chi connectivity index (χ3v) is 2.33. The Labute approximate surface area is 99.2 Å². The van der Waals surface area contributed by atoms with Crippen LogP contribution in [0.5, 0.6) is 0 Å². The molecule has 0 atom stereocenters. The zero-order valence-electron chi connectivity index (χ0n) is 9.64. The summed E-state index contributed by atoms with van der Waals surface area (Å²) in [6, 6.07) is 7.27. The van der Waals surface area contributed by atoms with Crippen LogP contribution in [-0.2, 0) is 22.6 Å². The van der Waals surface area contributed by atoms with E-state index in [1.54, 1.807) is 18.4 Å². The first-order valence-electron chi connectivity index (χ1n) is 5.47. The number of furan rings is 2. The maximum atomic E-state index is 11.4. The minimum Gasteiger partial charge on any atom is -0.466 e. The van der Waals surface area contributed by atoms with Gasteiger partial charge in [0.05, 0.1) is 12.7 Å². The SMILES string of the molecule is Cc1ccc(CCC(=O)OCc2ccco2)o1. The van der Waals surface area contributed by atoms with Gasteiger partial charge in [0, 0.05) is 6.42 Å². The van der Waals surface area contributed by atoms with E-state index in [1.165, 1.54) is 0 Å². The lowest BCUT2D eigenvalue weighted by Gasteiger charge is -2.01. The Bertz CT molecular complexity index is 467. The van der Waals surface area contributed by atoms with Gasteiger partial charge in [-0.2, -0.15) is 0 Å². The van der Waals surface area contributed by atoms with Crippen molar-refractivity contribution < 1.29 is 18.4 Å². The van der Waals surface area contributed by atoms with Crippen molar-refractivity contribution in [2.45, 2.75) is 26.4 Å². The van der Waals surface area contributed by atoms with E-state index in [2.05, 4.69) is 0 Å². The van der Waals surface area contributed by atoms with Crippen molar-refractivity contribution >= 4 is 5.97 Å². The second kappa shape index (κ2) is 5.39. The second-order valence-electron chi connectivity index (χ2n) is 3.75. The molecule has 0 aliphatic rings. The van der Waals surface area contributed by atoms with Gasteiger partial charge in [-0.3, -0.25) is 4.79 Å². The highest BCUT2D eigenvalue weighted by Crippen LogP contribution is 2.09. The third-order valence-electron chi connectivity index (χ3n) is 2.33. The molecular formula is C13H14O4. The first-order valence-corrected chi connectivity index (χ1v) is 5.47. The summed E-state index contributed by atoms with van der Waals surface area (Å²) in [5, 5.41) is 0. The van der Waals surface area contributed by atoms with Gasteiger partial charge in [0.2, 0.25) is 0 Å². The van der Waals surface area contributed by atoms with Gasteiger partial charge in [-0.05, 0) is 31.2 Å². The predicted molar refractivity (Wildman–Crippen MR) is 60.3 cm³/mol. The first-order chi connectivity index (χ1) is 8.24. The zero-order chi connectivity index (χ0) is 12.1. The summed E-state index contributed by atoms with van der Waals surface area (Å²) in [5.74, 6) is 2.05. The van der Waals surface area contributed by atoms with E-state index in [0.29, 0.717) is 18.6 Å². The molecule has 2 rings (SSSR count). The van der Waals surface area contributed by atoms with Crippen LogP contribution in [0.25, 0.3) is 0 Å². The maximum absolute atomic E-state index is 11.4. The summed E-state index contributed by atoms with van der Waals surface area (Å²) in [7, 11) is 0. The predicted octanol–water partition coefficient (Wildman–Crippen LogP) is 2.86. The van der Waals surface area contributed by atoms with Crippen molar-refractivity contribution in [1.82, 2.24) is 0 Å². The second-order valence-corrected chi connectivity index (χ2v) is 3.75. The number of carbonyl (C=O) groups excluding carboxylic acids is 1. The fourth-order valence-corrected chi connectivity index (χ4v) is 1.46. The number of ether oxygens (including phenoxy) is 1. The van der Waals surface area contributed by atoms with Gasteiger partial charge in [0.25, 0.3) is 0 Å². The van der Waals surface area contributed by atoms with Crippen LogP contribution in [-0.4, -0.2) is 5.97 Å². The van der Waals surface area contributed by atoms with Crippen molar-refractivity contribution in [3.05, 3.63) is 47.8 Å². The van der Waals surface area contributed by atoms with Crippen LogP contribution < -0.4 is 0 Å². The van der Waals surface area contributed by atoms with Crippen LogP contribution in [0.3, 0.4) is 0 Å². The Morgan fingerprint density at radius 1 is 1.29 bits per heavy atom. The Morgan fingerprint density at radius 3 is 2.82 bits per heavy atom. The van der Waals surface area contributed by atoms with E-state index in [4.69, 9.17) is 13.6 Å². The fourth-order valence-electron chi connectivity index (χ4n) is 1.46. The van der Waals surface area contributed by atoms with Crippen LogP contribution in [0.4, 0.5) is 0 Å². The Balaban J connectivity index is 1.71. The molecule has 4 heteroatoms. The van der Waals surface area contributed by atoms with Crippen molar-refractivity contribution in [3.63, 3.8) is 0 Å². The highest BCUT2D eigenvalue weighted by molar-refractivity contribution is 5.69. The molecule has 0 spiro atoms. The number of esters is 1. The Hall–Kier alpha value is -1.97. The number of hydrogen-bond acceptors (Lipinski definition) is 4. The third kappa shape index (κ3) is 3.52. The minimum atomic E-state index is -0.254. The van der Waals surface area contributed by atoms with Crippen molar-refractivity contribution in [2.24, 2.45) is 0 Å². The summed E-state index contributed by atoms with van der Waals surface area (Å²) in [6.07, 6.45) is 2.42. The molecule has 0 fully saturated rings. The van der Waals surface area contributed by atoms with Crippen molar-refractivity contribution in [3.8, 4) is 0 Å². The largest absolute Gasteiger partial charge is 0.466 e. The minimum absolute atomic E-state index is 0.184. The molecule has 0 amide bonds. The molecule has 0 aromatic carbocycles. The number of aryl methyl sites for hydroxylation is 2. The van der Waals surface area contributed by atoms with Crippen LogP contribution in [0.15, 0.2) is 39.4 Å². The molecule has 0 aliphatic heterocycles. The quantitative estimate of drug-likeness (QED) is 0.746. The van der Waals surface area contributed by atoms with Gasteiger partial charge in [0.1, 0.15) is 23.9 Å². The Morgan fingerprint density at radius 2 is 2.18 bits per heavy atom. The normalized spacial score (nSPS) is 10.4. The summed E-state index contributed by atoms with van der Waals surface area (Å²) in [6.45, 7) is 2.06. The molecule has 2 heterocycles. The molecule has 0 radical (unpaired) electrons. The van der Waals surface area contributed by atoms with Gasteiger partial charge in [-0.1, -0.05) is 0 Å². The van der Waals surface area contributed by atoms with Gasteiger partial charge in [-0.15, -0.1) is 0 Å². The average molecular weight is 234 g/mol. The molecule has 0 aliphatic carbocycles. The lowest BCUT2D eigenvalue weighted by Crippen LogP contribution is -2.05. The van der Waals surface area contributed by atoms with Crippen LogP contribution >= 0.6 is 0 Å². The summed E-state index contributed by atoms with van der Waals surface area (Å²) in [4.78, 5) is 11.4. The summed E-state index contributed by atoms with van der Waals surface area (Å²) < 4.78 is 15.5. The number of hydrogen-bond donors (Lipinski definition) is 0. The molecule has 0 bridgehead atoms. The van der Waals surface area contributed by atoms with E-state index in [1.807, 2.05) is 19.1 Å². The molecule has 0 saturated carbocycles. The molecule has 0 saturated heterocycles. The van der Waals surface area contributed by atoms with Gasteiger partial charge < -0.3 is 13.6 Å². The lowest BCUT2D eigenvalue weighted by atomic mass is 10.2. The monoisotopic (exact) mass is 234 g/mol.